The van der Waals surface area contributed by atoms with Crippen LogP contribution in [0.15, 0.2) is 22.7 Å². The molecule has 20 heavy (non-hydrogen) atoms. The summed E-state index contributed by atoms with van der Waals surface area (Å²) in [6.07, 6.45) is 0. The number of hydrogen-bond donors (Lipinski definition) is 1. The van der Waals surface area contributed by atoms with E-state index in [-0.39, 0.29) is 12.3 Å². The Hall–Kier alpha value is -1.47. The number of halogens is 2. The monoisotopic (exact) mass is 358 g/mol. The van der Waals surface area contributed by atoms with Gasteiger partial charge in [0.15, 0.2) is 0 Å². The number of hydrogen-bond acceptors (Lipinski definition) is 5. The molecule has 0 spiro atoms. The van der Waals surface area contributed by atoms with Gasteiger partial charge >= 0.3 is 5.97 Å². The van der Waals surface area contributed by atoms with Crippen molar-refractivity contribution in [3.63, 3.8) is 0 Å². The number of carbonyl (C=O) groups excluding carboxylic acids is 1. The highest BCUT2D eigenvalue weighted by atomic mass is 79.9. The fourth-order valence-electron chi connectivity index (χ4n) is 1.61. The van der Waals surface area contributed by atoms with E-state index in [0.717, 1.165) is 11.5 Å². The van der Waals surface area contributed by atoms with Crippen molar-refractivity contribution in [1.29, 1.82) is 0 Å². The van der Waals surface area contributed by atoms with Crippen molar-refractivity contribution < 1.29 is 13.9 Å². The van der Waals surface area contributed by atoms with E-state index in [9.17, 15) is 9.18 Å². The molecule has 1 heterocycles. The summed E-state index contributed by atoms with van der Waals surface area (Å²) in [5, 5.41) is 3.36. The molecular weight excluding hydrogens is 347 g/mol. The molecule has 0 amide bonds. The lowest BCUT2D eigenvalue weighted by atomic mass is 10.2. The second-order valence-corrected chi connectivity index (χ2v) is 5.63. The van der Waals surface area contributed by atoms with Crippen LogP contribution >= 0.6 is 27.5 Å². The summed E-state index contributed by atoms with van der Waals surface area (Å²) in [7, 11) is 0. The van der Waals surface area contributed by atoms with Crippen LogP contribution in [0.25, 0.3) is 0 Å². The number of nitrogens with zero attached hydrogens (tertiary/aromatic N) is 1. The molecule has 0 aliphatic heterocycles. The van der Waals surface area contributed by atoms with Crippen LogP contribution in [0.1, 0.15) is 23.0 Å². The van der Waals surface area contributed by atoms with Crippen LogP contribution in [-0.4, -0.2) is 16.9 Å². The molecule has 4 nitrogen and oxygen atoms in total. The molecule has 1 N–H and O–H groups in total. The quantitative estimate of drug-likeness (QED) is 0.829. The van der Waals surface area contributed by atoms with Crippen molar-refractivity contribution in [2.24, 2.45) is 0 Å². The minimum absolute atomic E-state index is 0.278. The standard InChI is InChI=1S/C13H12BrFN2O2S/c1-3-19-13(18)11-7(2)17-20-12(11)16-10-5-4-8(14)6-9(10)15/h4-6,16H,3H2,1-2H3. The zero-order valence-electron chi connectivity index (χ0n) is 10.9. The third-order valence-electron chi connectivity index (χ3n) is 2.52. The van der Waals surface area contributed by atoms with Crippen molar-refractivity contribution in [1.82, 2.24) is 4.37 Å². The molecule has 0 aliphatic carbocycles. The molecular formula is C13H12BrFN2O2S. The van der Waals surface area contributed by atoms with Crippen molar-refractivity contribution in [3.8, 4) is 0 Å². The zero-order valence-corrected chi connectivity index (χ0v) is 13.3. The molecule has 1 aromatic carbocycles. The number of esters is 1. The van der Waals surface area contributed by atoms with Crippen LogP contribution in [0.5, 0.6) is 0 Å². The molecule has 0 radical (unpaired) electrons. The minimum atomic E-state index is -0.459. The first-order valence-electron chi connectivity index (χ1n) is 5.88. The Morgan fingerprint density at radius 1 is 1.55 bits per heavy atom. The fourth-order valence-corrected chi connectivity index (χ4v) is 2.74. The average Bonchev–Trinajstić information content (AvgIpc) is 2.74. The molecule has 0 saturated carbocycles. The van der Waals surface area contributed by atoms with Gasteiger partial charge in [0.1, 0.15) is 16.4 Å². The number of nitrogens with one attached hydrogen (secondary N) is 1. The Bertz CT molecular complexity index is 645. The fraction of sp³-hybridized carbons (Fsp3) is 0.231. The van der Waals surface area contributed by atoms with Gasteiger partial charge in [-0.05, 0) is 43.6 Å². The van der Waals surface area contributed by atoms with Crippen molar-refractivity contribution in [2.75, 3.05) is 11.9 Å². The summed E-state index contributed by atoms with van der Waals surface area (Å²) in [6, 6.07) is 4.65. The van der Waals surface area contributed by atoms with Gasteiger partial charge in [-0.2, -0.15) is 4.37 Å². The molecule has 7 heteroatoms. The second-order valence-electron chi connectivity index (χ2n) is 3.94. The zero-order chi connectivity index (χ0) is 14.7. The number of carbonyl (C=O) groups is 1. The summed E-state index contributed by atoms with van der Waals surface area (Å²) >= 11 is 4.29. The third-order valence-corrected chi connectivity index (χ3v) is 3.87. The maximum atomic E-state index is 13.8. The highest BCUT2D eigenvalue weighted by molar-refractivity contribution is 9.10. The van der Waals surface area contributed by atoms with Crippen molar-refractivity contribution >= 4 is 44.1 Å². The lowest BCUT2D eigenvalue weighted by Gasteiger charge is -2.08. The van der Waals surface area contributed by atoms with Crippen LogP contribution in [-0.2, 0) is 4.74 Å². The normalized spacial score (nSPS) is 10.4. The first-order valence-corrected chi connectivity index (χ1v) is 7.45. The van der Waals surface area contributed by atoms with E-state index in [1.54, 1.807) is 26.0 Å². The number of ether oxygens (including phenoxy) is 1. The van der Waals surface area contributed by atoms with E-state index in [1.165, 1.54) is 6.07 Å². The first kappa shape index (κ1) is 14.9. The summed E-state index contributed by atoms with van der Waals surface area (Å²) in [5.41, 5.74) is 1.19. The van der Waals surface area contributed by atoms with E-state index < -0.39 is 11.8 Å². The first-order chi connectivity index (χ1) is 9.52. The topological polar surface area (TPSA) is 51.2 Å². The van der Waals surface area contributed by atoms with Gasteiger partial charge in [-0.25, -0.2) is 9.18 Å². The predicted octanol–water partition coefficient (Wildman–Crippen LogP) is 4.27. The molecule has 0 bridgehead atoms. The van der Waals surface area contributed by atoms with Gasteiger partial charge in [0.05, 0.1) is 18.0 Å². The molecule has 2 rings (SSSR count). The lowest BCUT2D eigenvalue weighted by molar-refractivity contribution is 0.0527. The Balaban J connectivity index is 2.32. The highest BCUT2D eigenvalue weighted by Crippen LogP contribution is 2.30. The SMILES string of the molecule is CCOC(=O)c1c(C)nsc1Nc1ccc(Br)cc1F. The van der Waals surface area contributed by atoms with Gasteiger partial charge in [-0.15, -0.1) is 0 Å². The molecule has 0 aliphatic rings. The molecule has 0 unspecified atom stereocenters. The van der Waals surface area contributed by atoms with Gasteiger partial charge in [0.25, 0.3) is 0 Å². The number of rotatable bonds is 4. The summed E-state index contributed by atoms with van der Waals surface area (Å²) in [5.74, 6) is -0.876. The Morgan fingerprint density at radius 2 is 2.30 bits per heavy atom. The highest BCUT2D eigenvalue weighted by Gasteiger charge is 2.20. The lowest BCUT2D eigenvalue weighted by Crippen LogP contribution is -2.07. The molecule has 2 aromatic rings. The van der Waals surface area contributed by atoms with Crippen molar-refractivity contribution in [2.45, 2.75) is 13.8 Å². The van der Waals surface area contributed by atoms with Crippen LogP contribution in [0.2, 0.25) is 0 Å². The number of benzene rings is 1. The minimum Gasteiger partial charge on any atom is -0.462 e. The van der Waals surface area contributed by atoms with Gasteiger partial charge in [-0.3, -0.25) is 0 Å². The number of aromatic nitrogens is 1. The summed E-state index contributed by atoms with van der Waals surface area (Å²) in [4.78, 5) is 11.9. The molecule has 0 saturated heterocycles. The maximum Gasteiger partial charge on any atom is 0.343 e. The largest absolute Gasteiger partial charge is 0.462 e. The summed E-state index contributed by atoms with van der Waals surface area (Å²) < 4.78 is 23.5. The average molecular weight is 359 g/mol. The molecule has 1 aromatic heterocycles. The van der Waals surface area contributed by atoms with Crippen LogP contribution in [0.4, 0.5) is 15.1 Å². The summed E-state index contributed by atoms with van der Waals surface area (Å²) in [6.45, 7) is 3.72. The Labute approximate surface area is 128 Å². The second kappa shape index (κ2) is 6.32. The Kier molecular flexibility index (Phi) is 4.72. The van der Waals surface area contributed by atoms with E-state index in [1.807, 2.05) is 0 Å². The number of anilines is 2. The number of aryl methyl sites for hydroxylation is 1. The van der Waals surface area contributed by atoms with E-state index in [0.29, 0.717) is 20.7 Å². The van der Waals surface area contributed by atoms with Crippen LogP contribution in [0, 0.1) is 12.7 Å². The van der Waals surface area contributed by atoms with Gasteiger partial charge in [0, 0.05) is 4.47 Å². The van der Waals surface area contributed by atoms with Crippen LogP contribution < -0.4 is 5.32 Å². The van der Waals surface area contributed by atoms with E-state index in [2.05, 4.69) is 25.6 Å². The molecule has 0 fully saturated rings. The maximum absolute atomic E-state index is 13.8. The van der Waals surface area contributed by atoms with Crippen LogP contribution in [0.3, 0.4) is 0 Å². The van der Waals surface area contributed by atoms with E-state index in [4.69, 9.17) is 4.74 Å². The molecule has 0 atom stereocenters. The van der Waals surface area contributed by atoms with Crippen molar-refractivity contribution in [3.05, 3.63) is 39.7 Å². The van der Waals surface area contributed by atoms with E-state index >= 15 is 0 Å². The molecule has 106 valence electrons. The predicted molar refractivity (Wildman–Crippen MR) is 80.2 cm³/mol. The van der Waals surface area contributed by atoms with Gasteiger partial charge in [0.2, 0.25) is 0 Å². The third kappa shape index (κ3) is 3.16. The smallest absolute Gasteiger partial charge is 0.343 e. The van der Waals surface area contributed by atoms with Gasteiger partial charge < -0.3 is 10.1 Å². The van der Waals surface area contributed by atoms with Gasteiger partial charge in [-0.1, -0.05) is 15.9 Å². The Morgan fingerprint density at radius 3 is 2.95 bits per heavy atom.